The van der Waals surface area contributed by atoms with E-state index in [-0.39, 0.29) is 0 Å². The average molecular weight is 254 g/mol. The number of rotatable bonds is 4. The number of aliphatic hydroxyl groups excluding tert-OH is 1. The first-order valence-electron chi connectivity index (χ1n) is 7.77. The van der Waals surface area contributed by atoms with Crippen LogP contribution in [0.5, 0.6) is 0 Å². The van der Waals surface area contributed by atoms with Crippen LogP contribution in [-0.2, 0) is 0 Å². The maximum atomic E-state index is 9.65. The van der Waals surface area contributed by atoms with Gasteiger partial charge in [0.15, 0.2) is 0 Å². The summed E-state index contributed by atoms with van der Waals surface area (Å²) in [6.45, 7) is 6.86. The fourth-order valence-electron chi connectivity index (χ4n) is 4.08. The van der Waals surface area contributed by atoms with Crippen molar-refractivity contribution in [1.29, 1.82) is 0 Å². The Balaban J connectivity index is 2.07. The second-order valence-electron chi connectivity index (χ2n) is 6.40. The van der Waals surface area contributed by atoms with E-state index in [1.807, 2.05) is 0 Å². The minimum absolute atomic E-state index is 0.311. The molecule has 1 aliphatic heterocycles. The van der Waals surface area contributed by atoms with E-state index in [4.69, 9.17) is 5.73 Å². The van der Waals surface area contributed by atoms with Gasteiger partial charge < -0.3 is 10.8 Å². The minimum atomic E-state index is 0.311. The summed E-state index contributed by atoms with van der Waals surface area (Å²) >= 11 is 0. The van der Waals surface area contributed by atoms with E-state index < -0.39 is 0 Å². The molecule has 1 saturated carbocycles. The first kappa shape index (κ1) is 14.3. The fourth-order valence-corrected chi connectivity index (χ4v) is 4.08. The molecule has 2 aliphatic rings. The summed E-state index contributed by atoms with van der Waals surface area (Å²) in [7, 11) is 0. The lowest BCUT2D eigenvalue weighted by Crippen LogP contribution is -2.50. The highest BCUT2D eigenvalue weighted by Crippen LogP contribution is 2.37. The van der Waals surface area contributed by atoms with Crippen molar-refractivity contribution in [2.45, 2.75) is 58.0 Å². The first-order chi connectivity index (χ1) is 8.71. The molecule has 0 aromatic rings. The van der Waals surface area contributed by atoms with Crippen LogP contribution < -0.4 is 5.73 Å². The highest BCUT2D eigenvalue weighted by Gasteiger charge is 2.40. The SMILES string of the molecule is CCC1CCC(CN)C(N2CCC(C)C2CO)C1. The molecule has 0 aromatic carbocycles. The predicted molar refractivity (Wildman–Crippen MR) is 75.3 cm³/mol. The van der Waals surface area contributed by atoms with Crippen molar-refractivity contribution in [2.75, 3.05) is 19.7 Å². The average Bonchev–Trinajstić information content (AvgIpc) is 2.78. The third-order valence-corrected chi connectivity index (χ3v) is 5.48. The summed E-state index contributed by atoms with van der Waals surface area (Å²) in [4.78, 5) is 2.59. The van der Waals surface area contributed by atoms with E-state index in [1.54, 1.807) is 0 Å². The van der Waals surface area contributed by atoms with Crippen LogP contribution in [-0.4, -0.2) is 41.8 Å². The van der Waals surface area contributed by atoms with Crippen LogP contribution in [0.2, 0.25) is 0 Å². The van der Waals surface area contributed by atoms with Crippen LogP contribution in [0.25, 0.3) is 0 Å². The molecule has 1 aliphatic carbocycles. The van der Waals surface area contributed by atoms with Crippen molar-refractivity contribution in [3.63, 3.8) is 0 Å². The molecule has 1 saturated heterocycles. The second-order valence-corrected chi connectivity index (χ2v) is 6.40. The molecular formula is C15H30N2O. The lowest BCUT2D eigenvalue weighted by molar-refractivity contribution is 0.0397. The molecule has 2 fully saturated rings. The standard InChI is InChI=1S/C15H30N2O/c1-3-12-4-5-13(9-16)14(8-12)17-7-6-11(2)15(17)10-18/h11-15,18H,3-10,16H2,1-2H3. The first-order valence-corrected chi connectivity index (χ1v) is 7.77. The Morgan fingerprint density at radius 3 is 2.67 bits per heavy atom. The zero-order valence-electron chi connectivity index (χ0n) is 12.0. The molecular weight excluding hydrogens is 224 g/mol. The van der Waals surface area contributed by atoms with E-state index >= 15 is 0 Å². The largest absolute Gasteiger partial charge is 0.395 e. The van der Waals surface area contributed by atoms with Gasteiger partial charge in [-0.25, -0.2) is 0 Å². The molecule has 106 valence electrons. The molecule has 3 nitrogen and oxygen atoms in total. The van der Waals surface area contributed by atoms with Gasteiger partial charge in [-0.15, -0.1) is 0 Å². The Hall–Kier alpha value is -0.120. The van der Waals surface area contributed by atoms with E-state index in [9.17, 15) is 5.11 Å². The Bertz CT molecular complexity index is 259. The molecule has 0 amide bonds. The lowest BCUT2D eigenvalue weighted by atomic mass is 9.76. The van der Waals surface area contributed by atoms with E-state index in [0.717, 1.165) is 19.0 Å². The van der Waals surface area contributed by atoms with E-state index in [1.165, 1.54) is 32.1 Å². The molecule has 0 spiro atoms. The number of hydrogen-bond acceptors (Lipinski definition) is 3. The molecule has 0 radical (unpaired) electrons. The predicted octanol–water partition coefficient (Wildman–Crippen LogP) is 1.84. The summed E-state index contributed by atoms with van der Waals surface area (Å²) in [6.07, 6.45) is 6.45. The van der Waals surface area contributed by atoms with Crippen molar-refractivity contribution in [3.8, 4) is 0 Å². The van der Waals surface area contributed by atoms with Gasteiger partial charge in [-0.3, -0.25) is 4.90 Å². The second kappa shape index (κ2) is 6.36. The molecule has 3 N–H and O–H groups in total. The van der Waals surface area contributed by atoms with Gasteiger partial charge in [-0.2, -0.15) is 0 Å². The van der Waals surface area contributed by atoms with Gasteiger partial charge in [-0.1, -0.05) is 26.7 Å². The fraction of sp³-hybridized carbons (Fsp3) is 1.00. The number of nitrogens with zero attached hydrogens (tertiary/aromatic N) is 1. The van der Waals surface area contributed by atoms with Crippen molar-refractivity contribution in [3.05, 3.63) is 0 Å². The molecule has 5 atom stereocenters. The van der Waals surface area contributed by atoms with Crippen LogP contribution in [0.1, 0.15) is 46.0 Å². The van der Waals surface area contributed by atoms with Crippen molar-refractivity contribution >= 4 is 0 Å². The summed E-state index contributed by atoms with van der Waals surface area (Å²) in [6, 6.07) is 0.996. The van der Waals surface area contributed by atoms with Crippen LogP contribution in [0.4, 0.5) is 0 Å². The monoisotopic (exact) mass is 254 g/mol. The maximum absolute atomic E-state index is 9.65. The summed E-state index contributed by atoms with van der Waals surface area (Å²) in [5.41, 5.74) is 5.98. The van der Waals surface area contributed by atoms with Gasteiger partial charge in [0, 0.05) is 12.1 Å². The Kier molecular flexibility index (Phi) is 5.05. The molecule has 3 heteroatoms. The van der Waals surface area contributed by atoms with E-state index in [2.05, 4.69) is 18.7 Å². The van der Waals surface area contributed by atoms with Gasteiger partial charge in [0.1, 0.15) is 0 Å². The van der Waals surface area contributed by atoms with Gasteiger partial charge in [0.2, 0.25) is 0 Å². The van der Waals surface area contributed by atoms with Crippen LogP contribution in [0, 0.1) is 17.8 Å². The Morgan fingerprint density at radius 2 is 2.06 bits per heavy atom. The summed E-state index contributed by atoms with van der Waals surface area (Å²) in [5, 5.41) is 9.65. The number of aliphatic hydroxyl groups is 1. The summed E-state index contributed by atoms with van der Waals surface area (Å²) < 4.78 is 0. The third-order valence-electron chi connectivity index (χ3n) is 5.48. The Morgan fingerprint density at radius 1 is 1.28 bits per heavy atom. The smallest absolute Gasteiger partial charge is 0.0589 e. The van der Waals surface area contributed by atoms with Gasteiger partial charge in [0.05, 0.1) is 6.61 Å². The minimum Gasteiger partial charge on any atom is -0.395 e. The zero-order chi connectivity index (χ0) is 13.1. The topological polar surface area (TPSA) is 49.5 Å². The van der Waals surface area contributed by atoms with Gasteiger partial charge >= 0.3 is 0 Å². The van der Waals surface area contributed by atoms with Crippen LogP contribution in [0.15, 0.2) is 0 Å². The van der Waals surface area contributed by atoms with Gasteiger partial charge in [-0.05, 0) is 50.1 Å². The lowest BCUT2D eigenvalue weighted by Gasteiger charge is -2.43. The zero-order valence-corrected chi connectivity index (χ0v) is 12.0. The normalized spacial score (nSPS) is 42.3. The molecule has 0 aromatic heterocycles. The molecule has 18 heavy (non-hydrogen) atoms. The van der Waals surface area contributed by atoms with Crippen molar-refractivity contribution < 1.29 is 5.11 Å². The molecule has 1 heterocycles. The van der Waals surface area contributed by atoms with Gasteiger partial charge in [0.25, 0.3) is 0 Å². The molecule has 0 bridgehead atoms. The number of hydrogen-bond donors (Lipinski definition) is 2. The maximum Gasteiger partial charge on any atom is 0.0589 e. The van der Waals surface area contributed by atoms with Crippen molar-refractivity contribution in [1.82, 2.24) is 4.90 Å². The number of nitrogens with two attached hydrogens (primary N) is 1. The van der Waals surface area contributed by atoms with Crippen LogP contribution in [0.3, 0.4) is 0 Å². The van der Waals surface area contributed by atoms with Crippen molar-refractivity contribution in [2.24, 2.45) is 23.5 Å². The number of likely N-dealkylation sites (tertiary alicyclic amines) is 1. The van der Waals surface area contributed by atoms with E-state index in [0.29, 0.717) is 30.5 Å². The molecule has 5 unspecified atom stereocenters. The quantitative estimate of drug-likeness (QED) is 0.805. The Labute approximate surface area is 112 Å². The third kappa shape index (κ3) is 2.73. The highest BCUT2D eigenvalue weighted by atomic mass is 16.3. The van der Waals surface area contributed by atoms with Crippen LogP contribution >= 0.6 is 0 Å². The highest BCUT2D eigenvalue weighted by molar-refractivity contribution is 4.94. The molecule has 2 rings (SSSR count). The summed E-state index contributed by atoms with van der Waals surface area (Å²) in [5.74, 6) is 2.15.